The van der Waals surface area contributed by atoms with Gasteiger partial charge in [-0.25, -0.2) is 4.39 Å². The van der Waals surface area contributed by atoms with E-state index in [9.17, 15) is 14.0 Å². The molecule has 5 nitrogen and oxygen atoms in total. The average Bonchev–Trinajstić information content (AvgIpc) is 2.77. The molecule has 0 unspecified atom stereocenters. The lowest BCUT2D eigenvalue weighted by atomic mass is 10.1. The molecule has 30 heavy (non-hydrogen) atoms. The molecule has 0 aliphatic heterocycles. The number of nitrogens with one attached hydrogen (secondary N) is 2. The van der Waals surface area contributed by atoms with Gasteiger partial charge in [0.05, 0.1) is 7.11 Å². The summed E-state index contributed by atoms with van der Waals surface area (Å²) in [5.74, 6) is -0.128. The second-order valence-electron chi connectivity index (χ2n) is 6.79. The molecule has 2 amide bonds. The summed E-state index contributed by atoms with van der Waals surface area (Å²) < 4.78 is 18.4. The highest BCUT2D eigenvalue weighted by Crippen LogP contribution is 2.14. The number of ether oxygens (including phenoxy) is 1. The van der Waals surface area contributed by atoms with Crippen molar-refractivity contribution in [2.24, 2.45) is 0 Å². The maximum absolute atomic E-state index is 13.3. The molecule has 3 rings (SSSR count). The summed E-state index contributed by atoms with van der Waals surface area (Å²) in [6, 6.07) is 20.3. The first-order valence-electron chi connectivity index (χ1n) is 9.59. The van der Waals surface area contributed by atoms with Crippen LogP contribution in [-0.4, -0.2) is 18.9 Å². The quantitative estimate of drug-likeness (QED) is 0.585. The molecule has 3 aromatic carbocycles. The second kappa shape index (κ2) is 10.2. The van der Waals surface area contributed by atoms with Crippen LogP contribution in [0.3, 0.4) is 0 Å². The van der Waals surface area contributed by atoms with Crippen molar-refractivity contribution < 1.29 is 18.7 Å². The van der Waals surface area contributed by atoms with E-state index in [0.29, 0.717) is 25.1 Å². The Morgan fingerprint density at radius 2 is 1.70 bits per heavy atom. The third kappa shape index (κ3) is 6.17. The van der Waals surface area contributed by atoms with Gasteiger partial charge in [-0.3, -0.25) is 9.59 Å². The van der Waals surface area contributed by atoms with Crippen molar-refractivity contribution >= 4 is 17.5 Å². The molecule has 154 valence electrons. The van der Waals surface area contributed by atoms with Gasteiger partial charge in [0.25, 0.3) is 5.91 Å². The average molecular weight is 406 g/mol. The van der Waals surface area contributed by atoms with E-state index in [2.05, 4.69) is 10.6 Å². The zero-order valence-electron chi connectivity index (χ0n) is 16.7. The number of benzene rings is 3. The summed E-state index contributed by atoms with van der Waals surface area (Å²) in [6.07, 6.45) is 1.02. The van der Waals surface area contributed by atoms with E-state index >= 15 is 0 Å². The molecule has 0 fully saturated rings. The molecule has 0 bridgehead atoms. The summed E-state index contributed by atoms with van der Waals surface area (Å²) in [7, 11) is 1.62. The SMILES string of the molecule is COc1ccc(CCC(=O)NCc2cccc(NC(=O)c3cccc(F)c3)c2)cc1. The third-order valence-corrected chi connectivity index (χ3v) is 4.56. The van der Waals surface area contributed by atoms with Gasteiger partial charge < -0.3 is 15.4 Å². The van der Waals surface area contributed by atoms with Gasteiger partial charge in [-0.05, 0) is 60.0 Å². The monoisotopic (exact) mass is 406 g/mol. The maximum Gasteiger partial charge on any atom is 0.255 e. The molecular formula is C24H23FN2O3. The van der Waals surface area contributed by atoms with E-state index < -0.39 is 11.7 Å². The Morgan fingerprint density at radius 1 is 0.933 bits per heavy atom. The van der Waals surface area contributed by atoms with Crippen LogP contribution in [0.4, 0.5) is 10.1 Å². The van der Waals surface area contributed by atoms with Crippen LogP contribution >= 0.6 is 0 Å². The molecule has 6 heteroatoms. The number of carbonyl (C=O) groups excluding carboxylic acids is 2. The zero-order valence-corrected chi connectivity index (χ0v) is 16.7. The van der Waals surface area contributed by atoms with Crippen LogP contribution in [0, 0.1) is 5.82 Å². The van der Waals surface area contributed by atoms with E-state index in [1.165, 1.54) is 18.2 Å². The van der Waals surface area contributed by atoms with Crippen LogP contribution in [0.15, 0.2) is 72.8 Å². The molecule has 3 aromatic rings. The Kier molecular flexibility index (Phi) is 7.16. The molecule has 0 saturated heterocycles. The van der Waals surface area contributed by atoms with Crippen LogP contribution < -0.4 is 15.4 Å². The smallest absolute Gasteiger partial charge is 0.255 e. The van der Waals surface area contributed by atoms with Gasteiger partial charge in [0.1, 0.15) is 11.6 Å². The standard InChI is InChI=1S/C24H23FN2O3/c1-30-22-11-8-17(9-12-22)10-13-23(28)26-16-18-4-2-7-21(14-18)27-24(29)19-5-3-6-20(25)15-19/h2-9,11-12,14-15H,10,13,16H2,1H3,(H,26,28)(H,27,29). The summed E-state index contributed by atoms with van der Waals surface area (Å²) in [5.41, 5.74) is 2.74. The largest absolute Gasteiger partial charge is 0.497 e. The fourth-order valence-electron chi connectivity index (χ4n) is 2.93. The number of hydrogen-bond donors (Lipinski definition) is 2. The van der Waals surface area contributed by atoms with Crippen molar-refractivity contribution in [1.82, 2.24) is 5.32 Å². The highest BCUT2D eigenvalue weighted by Gasteiger charge is 2.08. The minimum atomic E-state index is -0.464. The lowest BCUT2D eigenvalue weighted by Gasteiger charge is -2.09. The number of rotatable bonds is 8. The number of anilines is 1. The Balaban J connectivity index is 1.49. The first-order chi connectivity index (χ1) is 14.5. The number of halogens is 1. The third-order valence-electron chi connectivity index (χ3n) is 4.56. The van der Waals surface area contributed by atoms with Crippen LogP contribution in [0.1, 0.15) is 27.9 Å². The van der Waals surface area contributed by atoms with Gasteiger partial charge >= 0.3 is 0 Å². The van der Waals surface area contributed by atoms with Gasteiger partial charge in [-0.2, -0.15) is 0 Å². The summed E-state index contributed by atoms with van der Waals surface area (Å²) in [4.78, 5) is 24.4. The van der Waals surface area contributed by atoms with Gasteiger partial charge in [0, 0.05) is 24.2 Å². The molecule has 0 atom stereocenters. The Bertz CT molecular complexity index is 1020. The fourth-order valence-corrected chi connectivity index (χ4v) is 2.93. The minimum Gasteiger partial charge on any atom is -0.497 e. The van der Waals surface area contributed by atoms with Crippen molar-refractivity contribution in [3.8, 4) is 5.75 Å². The molecule has 0 aliphatic carbocycles. The summed E-state index contributed by atoms with van der Waals surface area (Å²) >= 11 is 0. The predicted molar refractivity (Wildman–Crippen MR) is 114 cm³/mol. The molecule has 0 spiro atoms. The van der Waals surface area contributed by atoms with Crippen LogP contribution in [-0.2, 0) is 17.8 Å². The van der Waals surface area contributed by atoms with Crippen molar-refractivity contribution in [3.05, 3.63) is 95.3 Å². The predicted octanol–water partition coefficient (Wildman–Crippen LogP) is 4.34. The number of carbonyl (C=O) groups is 2. The molecule has 0 aliphatic rings. The van der Waals surface area contributed by atoms with Gasteiger partial charge in [-0.15, -0.1) is 0 Å². The topological polar surface area (TPSA) is 67.4 Å². The molecule has 0 saturated carbocycles. The molecule has 0 heterocycles. The molecule has 2 N–H and O–H groups in total. The first kappa shape index (κ1) is 21.0. The Hall–Kier alpha value is -3.67. The molecular weight excluding hydrogens is 383 g/mol. The van der Waals surface area contributed by atoms with Gasteiger partial charge in [0.15, 0.2) is 0 Å². The normalized spacial score (nSPS) is 10.3. The Morgan fingerprint density at radius 3 is 2.43 bits per heavy atom. The van der Waals surface area contributed by atoms with Crippen LogP contribution in [0.25, 0.3) is 0 Å². The number of aryl methyl sites for hydroxylation is 1. The molecule has 0 aromatic heterocycles. The van der Waals surface area contributed by atoms with E-state index in [1.54, 1.807) is 31.4 Å². The van der Waals surface area contributed by atoms with Crippen molar-refractivity contribution in [1.29, 1.82) is 0 Å². The lowest BCUT2D eigenvalue weighted by Crippen LogP contribution is -2.23. The van der Waals surface area contributed by atoms with E-state index in [0.717, 1.165) is 16.9 Å². The highest BCUT2D eigenvalue weighted by atomic mass is 19.1. The van der Waals surface area contributed by atoms with E-state index in [1.807, 2.05) is 30.3 Å². The zero-order chi connectivity index (χ0) is 21.3. The minimum absolute atomic E-state index is 0.0555. The number of amides is 2. The van der Waals surface area contributed by atoms with Crippen molar-refractivity contribution in [3.63, 3.8) is 0 Å². The first-order valence-corrected chi connectivity index (χ1v) is 9.59. The molecule has 0 radical (unpaired) electrons. The summed E-state index contributed by atoms with van der Waals surface area (Å²) in [6.45, 7) is 0.352. The number of methoxy groups -OCH3 is 1. The van der Waals surface area contributed by atoms with Crippen molar-refractivity contribution in [2.45, 2.75) is 19.4 Å². The van der Waals surface area contributed by atoms with Crippen LogP contribution in [0.5, 0.6) is 5.75 Å². The number of hydrogen-bond acceptors (Lipinski definition) is 3. The maximum atomic E-state index is 13.3. The Labute approximate surface area is 174 Å². The lowest BCUT2D eigenvalue weighted by molar-refractivity contribution is -0.121. The van der Waals surface area contributed by atoms with Crippen molar-refractivity contribution in [2.75, 3.05) is 12.4 Å². The van der Waals surface area contributed by atoms with Gasteiger partial charge in [0.2, 0.25) is 5.91 Å². The van der Waals surface area contributed by atoms with Crippen LogP contribution in [0.2, 0.25) is 0 Å². The van der Waals surface area contributed by atoms with E-state index in [4.69, 9.17) is 4.74 Å². The van der Waals surface area contributed by atoms with Gasteiger partial charge in [-0.1, -0.05) is 30.3 Å². The second-order valence-corrected chi connectivity index (χ2v) is 6.79. The fraction of sp³-hybridized carbons (Fsp3) is 0.167. The highest BCUT2D eigenvalue weighted by molar-refractivity contribution is 6.04. The van der Waals surface area contributed by atoms with E-state index in [-0.39, 0.29) is 11.5 Å². The summed E-state index contributed by atoms with van der Waals surface area (Å²) in [5, 5.41) is 5.63.